The molecule has 1 aliphatic carbocycles. The molecule has 1 rings (SSSR count). The zero-order valence-electron chi connectivity index (χ0n) is 15.5. The minimum Gasteiger partial charge on any atom is -0.475 e. The van der Waals surface area contributed by atoms with Crippen molar-refractivity contribution in [2.24, 2.45) is 10.9 Å². The van der Waals surface area contributed by atoms with E-state index < -0.39 is 6.41 Å². The van der Waals surface area contributed by atoms with Crippen LogP contribution in [0.25, 0.3) is 0 Å². The van der Waals surface area contributed by atoms with Gasteiger partial charge in [0.05, 0.1) is 11.1 Å². The maximum atomic E-state index is 9.83. The summed E-state index contributed by atoms with van der Waals surface area (Å²) in [6, 6.07) is 0.297. The van der Waals surface area contributed by atoms with E-state index in [0.717, 1.165) is 30.7 Å². The van der Waals surface area contributed by atoms with Crippen LogP contribution in [-0.2, 0) is 9.47 Å². The van der Waals surface area contributed by atoms with Gasteiger partial charge in [-0.1, -0.05) is 0 Å². The van der Waals surface area contributed by atoms with Gasteiger partial charge in [0.15, 0.2) is 6.23 Å². The van der Waals surface area contributed by atoms with Crippen LogP contribution in [0.5, 0.6) is 0 Å². The molecule has 2 unspecified atom stereocenters. The lowest BCUT2D eigenvalue weighted by Crippen LogP contribution is -2.43. The minimum absolute atomic E-state index is 0.0116. The normalized spacial score (nSPS) is 25.0. The Morgan fingerprint density at radius 1 is 1.25 bits per heavy atom. The van der Waals surface area contributed by atoms with Gasteiger partial charge in [0.25, 0.3) is 0 Å². The second-order valence-electron chi connectivity index (χ2n) is 6.25. The molecule has 7 heteroatoms. The summed E-state index contributed by atoms with van der Waals surface area (Å²) in [4.78, 5) is 4.70. The number of ether oxygens (including phenoxy) is 2. The molecule has 2 atom stereocenters. The molecule has 140 valence electrons. The van der Waals surface area contributed by atoms with Crippen molar-refractivity contribution in [2.45, 2.75) is 71.2 Å². The van der Waals surface area contributed by atoms with Gasteiger partial charge in [0, 0.05) is 25.2 Å². The van der Waals surface area contributed by atoms with E-state index in [4.69, 9.17) is 14.5 Å². The molecule has 0 aromatic carbocycles. The van der Waals surface area contributed by atoms with Crippen molar-refractivity contribution < 1.29 is 14.6 Å². The lowest BCUT2D eigenvalue weighted by Gasteiger charge is -2.31. The summed E-state index contributed by atoms with van der Waals surface area (Å²) in [5.74, 6) is 0.473. The third-order valence-electron chi connectivity index (χ3n) is 3.88. The Balaban J connectivity index is 2.44. The maximum absolute atomic E-state index is 9.83. The van der Waals surface area contributed by atoms with E-state index >= 15 is 0 Å². The number of nitrogens with one attached hydrogen (secondary N) is 2. The lowest BCUT2D eigenvalue weighted by molar-refractivity contribution is -0.150. The number of hydrogen-bond donors (Lipinski definition) is 3. The molecule has 0 radical (unpaired) electrons. The second kappa shape index (κ2) is 11.7. The van der Waals surface area contributed by atoms with Crippen LogP contribution in [0.3, 0.4) is 0 Å². The van der Waals surface area contributed by atoms with Gasteiger partial charge in [-0.2, -0.15) is 0 Å². The Bertz CT molecular complexity index is 397. The van der Waals surface area contributed by atoms with Crippen LogP contribution in [0.4, 0.5) is 0 Å². The molecule has 0 aromatic heterocycles. The van der Waals surface area contributed by atoms with Gasteiger partial charge in [-0.15, -0.1) is 11.8 Å². The van der Waals surface area contributed by atoms with Gasteiger partial charge in [0.2, 0.25) is 6.41 Å². The average molecular weight is 360 g/mol. The molecule has 1 fully saturated rings. The summed E-state index contributed by atoms with van der Waals surface area (Å²) in [5, 5.41) is 17.0. The summed E-state index contributed by atoms with van der Waals surface area (Å²) in [6.45, 7) is 5.78. The molecule has 3 N–H and O–H groups in total. The molecule has 1 saturated carbocycles. The molecule has 1 aliphatic rings. The Kier molecular flexibility index (Phi) is 10.4. The summed E-state index contributed by atoms with van der Waals surface area (Å²) in [7, 11) is 1.83. The fourth-order valence-electron chi connectivity index (χ4n) is 2.76. The molecule has 0 aliphatic heterocycles. The Hall–Kier alpha value is -0.760. The van der Waals surface area contributed by atoms with Crippen molar-refractivity contribution >= 4 is 16.8 Å². The van der Waals surface area contributed by atoms with Crippen molar-refractivity contribution in [3.63, 3.8) is 0 Å². The van der Waals surface area contributed by atoms with E-state index in [2.05, 4.69) is 16.9 Å². The number of aliphatic imine (C=N–C) groups is 1. The fraction of sp³-hybridized carbons (Fsp3) is 0.824. The highest BCUT2D eigenvalue weighted by atomic mass is 32.2. The van der Waals surface area contributed by atoms with E-state index in [-0.39, 0.29) is 12.3 Å². The molecular formula is C17H33N3O3S. The van der Waals surface area contributed by atoms with Crippen LogP contribution < -0.4 is 10.6 Å². The molecule has 0 spiro atoms. The van der Waals surface area contributed by atoms with Gasteiger partial charge < -0.3 is 19.9 Å². The molecule has 0 bridgehead atoms. The largest absolute Gasteiger partial charge is 0.475 e. The number of aliphatic hydroxyl groups is 1. The molecule has 0 heterocycles. The first-order valence-electron chi connectivity index (χ1n) is 8.65. The first-order chi connectivity index (χ1) is 11.5. The van der Waals surface area contributed by atoms with E-state index in [1.165, 1.54) is 0 Å². The third kappa shape index (κ3) is 8.37. The number of aliphatic hydroxyl groups excluding tert-OH is 1. The number of rotatable bonds is 9. The third-order valence-corrected chi connectivity index (χ3v) is 4.74. The zero-order chi connectivity index (χ0) is 17.9. The molecule has 6 nitrogen and oxygen atoms in total. The van der Waals surface area contributed by atoms with Gasteiger partial charge in [0.1, 0.15) is 6.26 Å². The zero-order valence-corrected chi connectivity index (χ0v) is 16.3. The first-order valence-corrected chi connectivity index (χ1v) is 9.87. The Labute approximate surface area is 150 Å². The van der Waals surface area contributed by atoms with E-state index in [1.54, 1.807) is 24.2 Å². The average Bonchev–Trinajstić information content (AvgIpc) is 2.53. The van der Waals surface area contributed by atoms with E-state index in [0.29, 0.717) is 12.0 Å². The summed E-state index contributed by atoms with van der Waals surface area (Å²) in [5.41, 5.74) is 0. The molecule has 24 heavy (non-hydrogen) atoms. The summed E-state index contributed by atoms with van der Waals surface area (Å²) in [6.07, 6.45) is 8.53. The fourth-order valence-corrected chi connectivity index (χ4v) is 3.58. The predicted octanol–water partition coefficient (Wildman–Crippen LogP) is 2.65. The van der Waals surface area contributed by atoms with Gasteiger partial charge in [-0.05, 0) is 52.7 Å². The standard InChI is InChI=1S/C17H33N3O3S/c1-12(2)23-17(21)20-15-8-6-14(7-9-15)16(24-5)19-13(3)22-11-10-18-4/h10-15,17-18,20-21H,6-9H2,1-5H3/b11-10-,19-16-. The van der Waals surface area contributed by atoms with Crippen LogP contribution in [0.15, 0.2) is 17.5 Å². The summed E-state index contributed by atoms with van der Waals surface area (Å²) >= 11 is 1.70. The topological polar surface area (TPSA) is 75.1 Å². The highest BCUT2D eigenvalue weighted by Crippen LogP contribution is 2.29. The Morgan fingerprint density at radius 2 is 1.92 bits per heavy atom. The van der Waals surface area contributed by atoms with Crippen molar-refractivity contribution in [1.29, 1.82) is 0 Å². The Morgan fingerprint density at radius 3 is 2.46 bits per heavy atom. The minimum atomic E-state index is -0.882. The van der Waals surface area contributed by atoms with Crippen LogP contribution in [0.1, 0.15) is 46.5 Å². The van der Waals surface area contributed by atoms with Crippen LogP contribution in [0, 0.1) is 5.92 Å². The number of nitrogens with zero attached hydrogens (tertiary/aromatic N) is 1. The first kappa shape index (κ1) is 21.3. The quantitative estimate of drug-likeness (QED) is 0.254. The van der Waals surface area contributed by atoms with E-state index in [1.807, 2.05) is 27.8 Å². The molecular weight excluding hydrogens is 326 g/mol. The monoisotopic (exact) mass is 359 g/mol. The van der Waals surface area contributed by atoms with Crippen molar-refractivity contribution in [3.8, 4) is 0 Å². The molecule has 0 saturated heterocycles. The highest BCUT2D eigenvalue weighted by Gasteiger charge is 2.26. The van der Waals surface area contributed by atoms with Gasteiger partial charge in [-0.3, -0.25) is 5.32 Å². The number of hydrogen-bond acceptors (Lipinski definition) is 7. The molecule has 0 aromatic rings. The molecule has 0 amide bonds. The SMILES string of the molecule is CN/C=C\OC(C)/N=C(\SC)C1CCC(NC(O)OC(C)C)CC1. The van der Waals surface area contributed by atoms with Crippen molar-refractivity contribution in [1.82, 2.24) is 10.6 Å². The van der Waals surface area contributed by atoms with E-state index in [9.17, 15) is 5.11 Å². The van der Waals surface area contributed by atoms with Crippen molar-refractivity contribution in [2.75, 3.05) is 13.3 Å². The van der Waals surface area contributed by atoms with Gasteiger partial charge in [-0.25, -0.2) is 4.99 Å². The highest BCUT2D eigenvalue weighted by molar-refractivity contribution is 8.13. The smallest absolute Gasteiger partial charge is 0.213 e. The van der Waals surface area contributed by atoms with Crippen molar-refractivity contribution in [3.05, 3.63) is 12.5 Å². The van der Waals surface area contributed by atoms with Crippen LogP contribution >= 0.6 is 11.8 Å². The van der Waals surface area contributed by atoms with Crippen LogP contribution in [0.2, 0.25) is 0 Å². The number of thioether (sulfide) groups is 1. The van der Waals surface area contributed by atoms with Gasteiger partial charge >= 0.3 is 0 Å². The summed E-state index contributed by atoms with van der Waals surface area (Å²) < 4.78 is 10.8. The predicted molar refractivity (Wildman–Crippen MR) is 101 cm³/mol. The second-order valence-corrected chi connectivity index (χ2v) is 7.08. The maximum Gasteiger partial charge on any atom is 0.213 e. The lowest BCUT2D eigenvalue weighted by atomic mass is 9.86. The van der Waals surface area contributed by atoms with Crippen LogP contribution in [-0.4, -0.2) is 48.2 Å².